The maximum atomic E-state index is 13.5. The van der Waals surface area contributed by atoms with Gasteiger partial charge in [0.15, 0.2) is 5.13 Å². The number of Topliss-reactive ketones (excluding diaryl/α,β-unsaturated/α-hetero) is 1. The Morgan fingerprint density at radius 3 is 2.37 bits per heavy atom. The molecule has 1 atom stereocenters. The van der Waals surface area contributed by atoms with Crippen LogP contribution < -0.4 is 19.1 Å². The molecule has 0 aliphatic carbocycles. The standard InChI is InChI=1S/C29H26N2O6S/c1-4-36-19-11-9-17(10-12-19)26(32)24-25(18-7-6-8-20(15-18)35-3)31(28(34)27(24)33)29-30-22-14-13-21(37-5-2)16-23(22)38-29/h6-16,25,32H,4-5H2,1-3H3. The number of ketones is 1. The predicted octanol–water partition coefficient (Wildman–Crippen LogP) is 5.73. The molecule has 1 saturated heterocycles. The maximum absolute atomic E-state index is 13.5. The topological polar surface area (TPSA) is 98.2 Å². The van der Waals surface area contributed by atoms with Crippen molar-refractivity contribution < 1.29 is 28.9 Å². The molecule has 38 heavy (non-hydrogen) atoms. The van der Waals surface area contributed by atoms with Gasteiger partial charge in [-0.05, 0) is 74.0 Å². The molecule has 1 fully saturated rings. The summed E-state index contributed by atoms with van der Waals surface area (Å²) < 4.78 is 17.3. The molecule has 194 valence electrons. The van der Waals surface area contributed by atoms with Crippen LogP contribution in [0.15, 0.2) is 72.3 Å². The van der Waals surface area contributed by atoms with Crippen LogP contribution in [0.4, 0.5) is 5.13 Å². The van der Waals surface area contributed by atoms with Gasteiger partial charge in [0.2, 0.25) is 0 Å². The number of nitrogens with zero attached hydrogens (tertiary/aromatic N) is 2. The molecule has 9 heteroatoms. The van der Waals surface area contributed by atoms with Crippen molar-refractivity contribution in [2.45, 2.75) is 19.9 Å². The Morgan fingerprint density at radius 2 is 1.66 bits per heavy atom. The van der Waals surface area contributed by atoms with Crippen LogP contribution in [0.3, 0.4) is 0 Å². The number of fused-ring (bicyclic) bond motifs is 1. The van der Waals surface area contributed by atoms with Crippen molar-refractivity contribution in [3.8, 4) is 17.2 Å². The summed E-state index contributed by atoms with van der Waals surface area (Å²) in [5.41, 5.74) is 1.64. The number of anilines is 1. The van der Waals surface area contributed by atoms with E-state index in [0.717, 1.165) is 4.70 Å². The number of aliphatic hydroxyl groups excluding tert-OH is 1. The van der Waals surface area contributed by atoms with Gasteiger partial charge in [0, 0.05) is 5.56 Å². The Labute approximate surface area is 223 Å². The van der Waals surface area contributed by atoms with Crippen molar-refractivity contribution in [1.82, 2.24) is 4.98 Å². The lowest BCUT2D eigenvalue weighted by atomic mass is 9.95. The van der Waals surface area contributed by atoms with Gasteiger partial charge in [0.25, 0.3) is 5.78 Å². The van der Waals surface area contributed by atoms with Crippen LogP contribution in [0.5, 0.6) is 17.2 Å². The number of hydrogen-bond donors (Lipinski definition) is 1. The van der Waals surface area contributed by atoms with Gasteiger partial charge >= 0.3 is 5.91 Å². The fourth-order valence-electron chi connectivity index (χ4n) is 4.44. The van der Waals surface area contributed by atoms with Gasteiger partial charge in [-0.3, -0.25) is 14.5 Å². The molecule has 1 amide bonds. The van der Waals surface area contributed by atoms with Gasteiger partial charge in [0.05, 0.1) is 42.2 Å². The SMILES string of the molecule is CCOc1ccc(C(O)=C2C(=O)C(=O)N(c3nc4ccc(OCC)cc4s3)C2c2cccc(OC)c2)cc1. The summed E-state index contributed by atoms with van der Waals surface area (Å²) in [4.78, 5) is 33.0. The molecule has 0 radical (unpaired) electrons. The first-order valence-corrected chi connectivity index (χ1v) is 13.0. The molecule has 5 rings (SSSR count). The first-order valence-electron chi connectivity index (χ1n) is 12.2. The average Bonchev–Trinajstić information content (AvgIpc) is 3.46. The number of thiazole rings is 1. The summed E-state index contributed by atoms with van der Waals surface area (Å²) in [5, 5.41) is 11.7. The number of hydrogen-bond acceptors (Lipinski definition) is 8. The largest absolute Gasteiger partial charge is 0.507 e. The van der Waals surface area contributed by atoms with Crippen molar-refractivity contribution in [1.29, 1.82) is 0 Å². The van der Waals surface area contributed by atoms with E-state index in [9.17, 15) is 14.7 Å². The Kier molecular flexibility index (Phi) is 7.02. The molecular weight excluding hydrogens is 504 g/mol. The second-order valence-electron chi connectivity index (χ2n) is 8.46. The van der Waals surface area contributed by atoms with Gasteiger partial charge in [-0.1, -0.05) is 23.5 Å². The minimum atomic E-state index is -0.913. The third-order valence-electron chi connectivity index (χ3n) is 6.16. The zero-order valence-electron chi connectivity index (χ0n) is 21.1. The highest BCUT2D eigenvalue weighted by Gasteiger charge is 2.48. The van der Waals surface area contributed by atoms with Gasteiger partial charge < -0.3 is 19.3 Å². The number of carbonyl (C=O) groups is 2. The quantitative estimate of drug-likeness (QED) is 0.177. The average molecular weight is 531 g/mol. The first kappa shape index (κ1) is 25.3. The van der Waals surface area contributed by atoms with E-state index < -0.39 is 17.7 Å². The third-order valence-corrected chi connectivity index (χ3v) is 7.18. The molecule has 1 N–H and O–H groups in total. The highest BCUT2D eigenvalue weighted by atomic mass is 32.1. The Morgan fingerprint density at radius 1 is 0.947 bits per heavy atom. The van der Waals surface area contributed by atoms with Crippen LogP contribution in [0.2, 0.25) is 0 Å². The second-order valence-corrected chi connectivity index (χ2v) is 9.47. The number of carbonyl (C=O) groups excluding carboxylic acids is 2. The first-order chi connectivity index (χ1) is 18.4. The number of benzene rings is 3. The van der Waals surface area contributed by atoms with Crippen molar-refractivity contribution in [2.75, 3.05) is 25.2 Å². The number of methoxy groups -OCH3 is 1. The zero-order valence-corrected chi connectivity index (χ0v) is 22.0. The van der Waals surface area contributed by atoms with Gasteiger partial charge in [0.1, 0.15) is 23.0 Å². The molecule has 0 spiro atoms. The zero-order chi connectivity index (χ0) is 26.8. The van der Waals surface area contributed by atoms with Crippen LogP contribution in [-0.2, 0) is 9.59 Å². The van der Waals surface area contributed by atoms with Crippen molar-refractivity contribution in [3.63, 3.8) is 0 Å². The molecule has 8 nitrogen and oxygen atoms in total. The number of rotatable bonds is 8. The van der Waals surface area contributed by atoms with E-state index in [1.807, 2.05) is 32.0 Å². The van der Waals surface area contributed by atoms with Crippen molar-refractivity contribution in [2.24, 2.45) is 0 Å². The van der Waals surface area contributed by atoms with E-state index in [2.05, 4.69) is 4.98 Å². The van der Waals surface area contributed by atoms with E-state index in [0.29, 0.717) is 52.2 Å². The van der Waals surface area contributed by atoms with Gasteiger partial charge in [-0.2, -0.15) is 0 Å². The normalized spacial score (nSPS) is 16.7. The fraction of sp³-hybridized carbons (Fsp3) is 0.207. The molecule has 0 saturated carbocycles. The Bertz CT molecular complexity index is 1540. The van der Waals surface area contributed by atoms with Crippen LogP contribution in [0.25, 0.3) is 16.0 Å². The monoisotopic (exact) mass is 530 g/mol. The van der Waals surface area contributed by atoms with Gasteiger partial charge in [-0.25, -0.2) is 4.98 Å². The van der Waals surface area contributed by atoms with E-state index in [4.69, 9.17) is 14.2 Å². The highest BCUT2D eigenvalue weighted by Crippen LogP contribution is 2.45. The summed E-state index contributed by atoms with van der Waals surface area (Å²) >= 11 is 1.28. The Balaban J connectivity index is 1.67. The van der Waals surface area contributed by atoms with Gasteiger partial charge in [-0.15, -0.1) is 0 Å². The Hall–Kier alpha value is -4.37. The molecule has 4 aromatic rings. The lowest BCUT2D eigenvalue weighted by Crippen LogP contribution is -2.29. The van der Waals surface area contributed by atoms with Crippen LogP contribution in [0.1, 0.15) is 31.0 Å². The summed E-state index contributed by atoms with van der Waals surface area (Å²) in [6.07, 6.45) is 0. The minimum Gasteiger partial charge on any atom is -0.507 e. The fourth-order valence-corrected chi connectivity index (χ4v) is 5.46. The minimum absolute atomic E-state index is 0.0262. The van der Waals surface area contributed by atoms with Crippen molar-refractivity contribution >= 4 is 44.1 Å². The molecule has 1 aliphatic heterocycles. The lowest BCUT2D eigenvalue weighted by Gasteiger charge is -2.23. The molecule has 2 heterocycles. The van der Waals surface area contributed by atoms with Crippen molar-refractivity contribution in [3.05, 3.63) is 83.4 Å². The predicted molar refractivity (Wildman–Crippen MR) is 146 cm³/mol. The summed E-state index contributed by atoms with van der Waals surface area (Å²) in [7, 11) is 1.54. The summed E-state index contributed by atoms with van der Waals surface area (Å²) in [6, 6.07) is 18.4. The molecular formula is C29H26N2O6S. The van der Waals surface area contributed by atoms with E-state index in [1.165, 1.54) is 16.2 Å². The van der Waals surface area contributed by atoms with E-state index in [1.54, 1.807) is 55.6 Å². The smallest absolute Gasteiger partial charge is 0.301 e. The summed E-state index contributed by atoms with van der Waals surface area (Å²) in [5.74, 6) is 0.0426. The number of amides is 1. The molecule has 1 unspecified atom stereocenters. The number of aliphatic hydroxyl groups is 1. The highest BCUT2D eigenvalue weighted by molar-refractivity contribution is 7.22. The molecule has 1 aromatic heterocycles. The number of aromatic nitrogens is 1. The number of ether oxygens (including phenoxy) is 3. The molecule has 3 aromatic carbocycles. The van der Waals surface area contributed by atoms with Crippen LogP contribution in [-0.4, -0.2) is 42.1 Å². The third kappa shape index (κ3) is 4.56. The molecule has 0 bridgehead atoms. The second kappa shape index (κ2) is 10.5. The molecule has 1 aliphatic rings. The lowest BCUT2D eigenvalue weighted by molar-refractivity contribution is -0.132. The maximum Gasteiger partial charge on any atom is 0.301 e. The van der Waals surface area contributed by atoms with Crippen LogP contribution >= 0.6 is 11.3 Å². The van der Waals surface area contributed by atoms with E-state index in [-0.39, 0.29) is 11.3 Å². The summed E-state index contributed by atoms with van der Waals surface area (Å²) in [6.45, 7) is 4.80. The van der Waals surface area contributed by atoms with Crippen LogP contribution in [0, 0.1) is 0 Å². The van der Waals surface area contributed by atoms with E-state index >= 15 is 0 Å².